The van der Waals surface area contributed by atoms with E-state index >= 15 is 0 Å². The van der Waals surface area contributed by atoms with Crippen LogP contribution in [0.4, 0.5) is 0 Å². The highest BCUT2D eigenvalue weighted by Gasteiger charge is 2.20. The van der Waals surface area contributed by atoms with Gasteiger partial charge in [0.25, 0.3) is 0 Å². The molecule has 0 bridgehead atoms. The van der Waals surface area contributed by atoms with Crippen molar-refractivity contribution in [2.24, 2.45) is 0 Å². The summed E-state index contributed by atoms with van der Waals surface area (Å²) >= 11 is 0. The fraction of sp³-hybridized carbons (Fsp3) is 0.925. The van der Waals surface area contributed by atoms with Crippen molar-refractivity contribution in [3.8, 4) is 0 Å². The second kappa shape index (κ2) is 49.3. The summed E-state index contributed by atoms with van der Waals surface area (Å²) in [6.07, 6.45) is 56.1. The summed E-state index contributed by atoms with van der Waals surface area (Å²) in [4.78, 5) is 24.5. The van der Waals surface area contributed by atoms with Crippen molar-refractivity contribution in [2.75, 3.05) is 13.2 Å². The number of unbranched alkanes of at least 4 members (excludes halogenated alkanes) is 36. The van der Waals surface area contributed by atoms with Crippen molar-refractivity contribution < 1.29 is 24.5 Å². The molecule has 0 aromatic heterocycles. The van der Waals surface area contributed by atoms with Crippen molar-refractivity contribution >= 4 is 11.9 Å². The number of allylic oxidation sites excluding steroid dienone is 2. The predicted molar refractivity (Wildman–Crippen MR) is 255 cm³/mol. The topological polar surface area (TPSA) is 95.9 Å². The Morgan fingerprint density at radius 1 is 0.458 bits per heavy atom. The van der Waals surface area contributed by atoms with E-state index in [1.165, 1.54) is 199 Å². The van der Waals surface area contributed by atoms with Crippen LogP contribution in [0.1, 0.15) is 290 Å². The number of carbonyl (C=O) groups excluding carboxylic acids is 2. The Balaban J connectivity index is 3.47. The predicted octanol–water partition coefficient (Wildman–Crippen LogP) is 15.7. The van der Waals surface area contributed by atoms with Crippen LogP contribution in [-0.2, 0) is 14.3 Å². The van der Waals surface area contributed by atoms with Gasteiger partial charge in [0, 0.05) is 12.8 Å². The van der Waals surface area contributed by atoms with Crippen molar-refractivity contribution in [3.63, 3.8) is 0 Å². The van der Waals surface area contributed by atoms with Crippen molar-refractivity contribution in [3.05, 3.63) is 12.2 Å². The Labute approximate surface area is 368 Å². The minimum absolute atomic E-state index is 0.0231. The molecule has 0 saturated carbocycles. The van der Waals surface area contributed by atoms with E-state index < -0.39 is 12.1 Å². The molecule has 0 heterocycles. The van der Waals surface area contributed by atoms with Crippen LogP contribution in [0.3, 0.4) is 0 Å². The summed E-state index contributed by atoms with van der Waals surface area (Å²) in [6, 6.07) is -0.555. The lowest BCUT2D eigenvalue weighted by Gasteiger charge is -2.22. The summed E-state index contributed by atoms with van der Waals surface area (Å²) in [5, 5.41) is 23.3. The molecule has 2 unspecified atom stereocenters. The largest absolute Gasteiger partial charge is 0.466 e. The van der Waals surface area contributed by atoms with Crippen LogP contribution < -0.4 is 5.32 Å². The molecule has 0 saturated heterocycles. The summed E-state index contributed by atoms with van der Waals surface area (Å²) in [7, 11) is 0. The summed E-state index contributed by atoms with van der Waals surface area (Å²) in [6.45, 7) is 4.90. The van der Waals surface area contributed by atoms with Gasteiger partial charge in [0.05, 0.1) is 25.4 Å². The Hall–Kier alpha value is -1.40. The number of rotatable bonds is 49. The van der Waals surface area contributed by atoms with Crippen molar-refractivity contribution in [1.29, 1.82) is 0 Å². The lowest BCUT2D eigenvalue weighted by molar-refractivity contribution is -0.143. The van der Waals surface area contributed by atoms with E-state index in [4.69, 9.17) is 4.74 Å². The van der Waals surface area contributed by atoms with Gasteiger partial charge >= 0.3 is 5.97 Å². The minimum atomic E-state index is -0.676. The van der Waals surface area contributed by atoms with Gasteiger partial charge in [-0.1, -0.05) is 238 Å². The fourth-order valence-electron chi connectivity index (χ4n) is 8.22. The molecule has 0 aliphatic heterocycles. The van der Waals surface area contributed by atoms with Crippen LogP contribution in [0.2, 0.25) is 0 Å². The number of ether oxygens (including phenoxy) is 1. The SMILES string of the molecule is CCCCC/C=C\CCCCCCCC(=O)OCCCCCCCCCCCCCC(=O)NC(CO)C(O)CCCCCCCCCCCCCCCCCCCCC. The van der Waals surface area contributed by atoms with Crippen LogP contribution in [0.25, 0.3) is 0 Å². The maximum absolute atomic E-state index is 12.5. The van der Waals surface area contributed by atoms with E-state index in [9.17, 15) is 19.8 Å². The zero-order chi connectivity index (χ0) is 43.0. The summed E-state index contributed by atoms with van der Waals surface area (Å²) in [5.74, 6) is -0.0751. The van der Waals surface area contributed by atoms with Gasteiger partial charge in [0.1, 0.15) is 0 Å². The molecular formula is C53H103NO5. The molecule has 0 radical (unpaired) electrons. The molecule has 6 nitrogen and oxygen atoms in total. The lowest BCUT2D eigenvalue weighted by atomic mass is 10.0. The van der Waals surface area contributed by atoms with Gasteiger partial charge in [-0.05, 0) is 51.4 Å². The normalized spacial score (nSPS) is 12.7. The Kier molecular flexibility index (Phi) is 48.1. The Morgan fingerprint density at radius 3 is 1.24 bits per heavy atom. The number of aliphatic hydroxyl groups is 2. The maximum atomic E-state index is 12.5. The third-order valence-corrected chi connectivity index (χ3v) is 12.3. The zero-order valence-corrected chi connectivity index (χ0v) is 39.7. The molecular weight excluding hydrogens is 731 g/mol. The third-order valence-electron chi connectivity index (χ3n) is 12.3. The monoisotopic (exact) mass is 834 g/mol. The van der Waals surface area contributed by atoms with Gasteiger partial charge < -0.3 is 20.3 Å². The van der Waals surface area contributed by atoms with E-state index in [0.29, 0.717) is 25.9 Å². The molecule has 0 rings (SSSR count). The minimum Gasteiger partial charge on any atom is -0.466 e. The molecule has 0 aromatic rings. The highest BCUT2D eigenvalue weighted by molar-refractivity contribution is 5.76. The molecule has 0 fully saturated rings. The number of carbonyl (C=O) groups is 2. The fourth-order valence-corrected chi connectivity index (χ4v) is 8.22. The van der Waals surface area contributed by atoms with E-state index in [1.807, 2.05) is 0 Å². The number of nitrogens with one attached hydrogen (secondary N) is 1. The molecule has 59 heavy (non-hydrogen) atoms. The van der Waals surface area contributed by atoms with E-state index in [-0.39, 0.29) is 18.5 Å². The van der Waals surface area contributed by atoms with E-state index in [1.54, 1.807) is 0 Å². The van der Waals surface area contributed by atoms with Crippen molar-refractivity contribution in [2.45, 2.75) is 302 Å². The van der Waals surface area contributed by atoms with E-state index in [2.05, 4.69) is 31.3 Å². The van der Waals surface area contributed by atoms with Gasteiger partial charge in [-0.25, -0.2) is 0 Å². The standard InChI is InChI=1S/C53H103NO5/c1-3-5-7-9-11-13-15-17-18-19-20-21-22-23-25-29-33-37-41-45-51(56)50(49-55)54-52(57)46-42-38-34-30-26-24-28-32-36-40-44-48-59-53(58)47-43-39-35-31-27-16-14-12-10-8-6-4-2/h12,14,50-51,55-56H,3-11,13,15-49H2,1-2H3,(H,54,57)/b14-12-. The number of aliphatic hydroxyl groups excluding tert-OH is 2. The molecule has 1 amide bonds. The molecule has 350 valence electrons. The molecule has 0 aromatic carbocycles. The van der Waals surface area contributed by atoms with Crippen LogP contribution >= 0.6 is 0 Å². The first-order valence-electron chi connectivity index (χ1n) is 26.4. The first kappa shape index (κ1) is 57.6. The van der Waals surface area contributed by atoms with Gasteiger partial charge in [0.2, 0.25) is 5.91 Å². The Bertz CT molecular complexity index is 878. The molecule has 2 atom stereocenters. The zero-order valence-electron chi connectivity index (χ0n) is 39.7. The quantitative estimate of drug-likeness (QED) is 0.0322. The Morgan fingerprint density at radius 2 is 0.797 bits per heavy atom. The van der Waals surface area contributed by atoms with Gasteiger partial charge in [-0.15, -0.1) is 0 Å². The van der Waals surface area contributed by atoms with Gasteiger partial charge in [-0.3, -0.25) is 9.59 Å². The summed E-state index contributed by atoms with van der Waals surface area (Å²) in [5.41, 5.74) is 0. The molecule has 3 N–H and O–H groups in total. The first-order valence-corrected chi connectivity index (χ1v) is 26.4. The number of hydrogen-bond acceptors (Lipinski definition) is 5. The number of esters is 1. The highest BCUT2D eigenvalue weighted by atomic mass is 16.5. The van der Waals surface area contributed by atoms with Gasteiger partial charge in [-0.2, -0.15) is 0 Å². The third kappa shape index (κ3) is 45.9. The van der Waals surface area contributed by atoms with Crippen LogP contribution in [0, 0.1) is 0 Å². The second-order valence-electron chi connectivity index (χ2n) is 18.2. The van der Waals surface area contributed by atoms with Crippen LogP contribution in [-0.4, -0.2) is 47.4 Å². The van der Waals surface area contributed by atoms with Crippen LogP contribution in [0.5, 0.6) is 0 Å². The molecule has 6 heteroatoms. The first-order chi connectivity index (χ1) is 29.0. The smallest absolute Gasteiger partial charge is 0.305 e. The average Bonchev–Trinajstić information content (AvgIpc) is 3.24. The molecule has 0 spiro atoms. The molecule has 0 aliphatic carbocycles. The van der Waals surface area contributed by atoms with E-state index in [0.717, 1.165) is 57.8 Å². The number of hydrogen-bond donors (Lipinski definition) is 3. The van der Waals surface area contributed by atoms with Crippen LogP contribution in [0.15, 0.2) is 12.2 Å². The maximum Gasteiger partial charge on any atom is 0.305 e. The average molecular weight is 834 g/mol. The van der Waals surface area contributed by atoms with Crippen molar-refractivity contribution in [1.82, 2.24) is 5.32 Å². The molecule has 0 aliphatic rings. The number of amides is 1. The van der Waals surface area contributed by atoms with Gasteiger partial charge in [0.15, 0.2) is 0 Å². The lowest BCUT2D eigenvalue weighted by Crippen LogP contribution is -2.45. The second-order valence-corrected chi connectivity index (χ2v) is 18.2. The summed E-state index contributed by atoms with van der Waals surface area (Å²) < 4.78 is 5.44. The highest BCUT2D eigenvalue weighted by Crippen LogP contribution is 2.17.